The molecule has 130 valence electrons. The van der Waals surface area contributed by atoms with Gasteiger partial charge in [0.25, 0.3) is 0 Å². The highest BCUT2D eigenvalue weighted by molar-refractivity contribution is 7.77. The Kier molecular flexibility index (Phi) is 4.35. The molecule has 0 N–H and O–H groups in total. The maximum Gasteiger partial charge on any atom is 0.129 e. The highest BCUT2D eigenvalue weighted by atomic mass is 31.1. The zero-order valence-corrected chi connectivity index (χ0v) is 17.7. The van der Waals surface area contributed by atoms with Crippen molar-refractivity contribution in [1.29, 1.82) is 0 Å². The first kappa shape index (κ1) is 17.6. The zero-order chi connectivity index (χ0) is 18.3. The van der Waals surface area contributed by atoms with Gasteiger partial charge in [-0.2, -0.15) is 0 Å². The number of rotatable bonds is 2. The summed E-state index contributed by atoms with van der Waals surface area (Å²) >= 11 is 0. The quantitative estimate of drug-likeness (QED) is 0.389. The van der Waals surface area contributed by atoms with Crippen LogP contribution < -0.4 is 10.6 Å². The van der Waals surface area contributed by atoms with E-state index < -0.39 is 16.0 Å². The lowest BCUT2D eigenvalue weighted by atomic mass is 9.36. The van der Waals surface area contributed by atoms with Gasteiger partial charge < -0.3 is 0 Å². The van der Waals surface area contributed by atoms with Gasteiger partial charge in [0.15, 0.2) is 0 Å². The molecule has 0 aromatic heterocycles. The normalized spacial score (nSPS) is 25.8. The van der Waals surface area contributed by atoms with E-state index in [9.17, 15) is 0 Å². The third kappa shape index (κ3) is 3.53. The van der Waals surface area contributed by atoms with Crippen molar-refractivity contribution in [2.24, 2.45) is 10.8 Å². The Morgan fingerprint density at radius 1 is 0.731 bits per heavy atom. The monoisotopic (exact) mass is 372 g/mol. The Morgan fingerprint density at radius 3 is 1.65 bits per heavy atom. The SMILES string of the molecule is C[Si](C)(C)C#CC12CC(C#CP(c3ccccc3)c3ccccc3)(C1)C2. The van der Waals surface area contributed by atoms with Crippen molar-refractivity contribution in [3.05, 3.63) is 60.7 Å². The molecule has 5 rings (SSSR count). The predicted molar refractivity (Wildman–Crippen MR) is 117 cm³/mol. The van der Waals surface area contributed by atoms with Gasteiger partial charge in [0.05, 0.1) is 0 Å². The van der Waals surface area contributed by atoms with E-state index >= 15 is 0 Å². The third-order valence-corrected chi connectivity index (χ3v) is 8.03. The van der Waals surface area contributed by atoms with Crippen LogP contribution in [0.2, 0.25) is 19.6 Å². The summed E-state index contributed by atoms with van der Waals surface area (Å²) in [5, 5.41) is 2.70. The van der Waals surface area contributed by atoms with E-state index in [1.807, 2.05) is 0 Å². The molecule has 0 heterocycles. The molecule has 2 aromatic rings. The first-order valence-corrected chi connectivity index (χ1v) is 14.2. The maximum atomic E-state index is 3.70. The predicted octanol–water partition coefficient (Wildman–Crippen LogP) is 5.13. The van der Waals surface area contributed by atoms with Crippen LogP contribution in [0.15, 0.2) is 60.7 Å². The molecule has 3 aliphatic carbocycles. The molecule has 3 fully saturated rings. The van der Waals surface area contributed by atoms with Crippen LogP contribution in [0.5, 0.6) is 0 Å². The lowest BCUT2D eigenvalue weighted by Gasteiger charge is -2.66. The lowest BCUT2D eigenvalue weighted by molar-refractivity contribution is -0.113. The molecule has 0 atom stereocenters. The van der Waals surface area contributed by atoms with Crippen LogP contribution >= 0.6 is 7.92 Å². The average molecular weight is 373 g/mol. The summed E-state index contributed by atoms with van der Waals surface area (Å²) in [4.78, 5) is 0. The van der Waals surface area contributed by atoms with Gasteiger partial charge in [-0.3, -0.25) is 0 Å². The molecule has 3 aliphatic rings. The van der Waals surface area contributed by atoms with Crippen LogP contribution in [0.4, 0.5) is 0 Å². The summed E-state index contributed by atoms with van der Waals surface area (Å²) in [5.41, 5.74) is 7.86. The fourth-order valence-corrected chi connectivity index (χ4v) is 6.47. The second-order valence-electron chi connectivity index (χ2n) is 8.83. The average Bonchev–Trinajstić information content (AvgIpc) is 2.56. The molecule has 0 unspecified atom stereocenters. The summed E-state index contributed by atoms with van der Waals surface area (Å²) < 4.78 is 0. The second kappa shape index (κ2) is 6.42. The minimum Gasteiger partial charge on any atom is -0.131 e. The molecule has 0 aliphatic heterocycles. The van der Waals surface area contributed by atoms with Gasteiger partial charge in [0, 0.05) is 18.8 Å². The summed E-state index contributed by atoms with van der Waals surface area (Å²) in [6, 6.07) is 21.5. The van der Waals surface area contributed by atoms with Crippen molar-refractivity contribution in [2.75, 3.05) is 0 Å². The minimum atomic E-state index is -1.27. The van der Waals surface area contributed by atoms with Crippen LogP contribution in [-0.4, -0.2) is 8.07 Å². The standard InChI is InChI=1S/C24H25PSi/c1-26(2,3)17-15-24-18-23(19-24,20-24)14-16-25(21-10-6-4-7-11-21)22-12-8-5-9-13-22/h4-13H,18-20H2,1-3H3. The summed E-state index contributed by atoms with van der Waals surface area (Å²) in [6.45, 7) is 6.98. The number of hydrogen-bond donors (Lipinski definition) is 0. The molecule has 2 bridgehead atoms. The van der Waals surface area contributed by atoms with Gasteiger partial charge in [-0.25, -0.2) is 0 Å². The smallest absolute Gasteiger partial charge is 0.129 e. The van der Waals surface area contributed by atoms with E-state index in [4.69, 9.17) is 0 Å². The summed E-state index contributed by atoms with van der Waals surface area (Å²) in [7, 11) is -1.86. The Bertz CT molecular complexity index is 857. The third-order valence-electron chi connectivity index (χ3n) is 5.19. The zero-order valence-electron chi connectivity index (χ0n) is 15.8. The van der Waals surface area contributed by atoms with E-state index in [-0.39, 0.29) is 5.41 Å². The van der Waals surface area contributed by atoms with Crippen molar-refractivity contribution in [1.82, 2.24) is 0 Å². The molecule has 0 radical (unpaired) electrons. The summed E-state index contributed by atoms with van der Waals surface area (Å²) in [5.74, 6) is 7.33. The van der Waals surface area contributed by atoms with Crippen molar-refractivity contribution >= 4 is 26.6 Å². The fraction of sp³-hybridized carbons (Fsp3) is 0.333. The van der Waals surface area contributed by atoms with Gasteiger partial charge in [-0.1, -0.05) is 91.9 Å². The number of benzene rings is 2. The van der Waals surface area contributed by atoms with Crippen LogP contribution in [0.3, 0.4) is 0 Å². The van der Waals surface area contributed by atoms with Crippen molar-refractivity contribution in [3.63, 3.8) is 0 Å². The van der Waals surface area contributed by atoms with E-state index in [1.165, 1.54) is 29.9 Å². The Balaban J connectivity index is 1.54. The Labute approximate surface area is 160 Å². The van der Waals surface area contributed by atoms with Crippen molar-refractivity contribution < 1.29 is 0 Å². The molecular weight excluding hydrogens is 347 g/mol. The van der Waals surface area contributed by atoms with E-state index in [0.29, 0.717) is 5.41 Å². The fourth-order valence-electron chi connectivity index (χ4n) is 3.98. The highest BCUT2D eigenvalue weighted by Gasteiger charge is 2.66. The van der Waals surface area contributed by atoms with Crippen LogP contribution in [0.25, 0.3) is 0 Å². The molecule has 0 amide bonds. The topological polar surface area (TPSA) is 0 Å². The van der Waals surface area contributed by atoms with Crippen LogP contribution in [0, 0.1) is 33.9 Å². The van der Waals surface area contributed by atoms with Crippen LogP contribution in [0.1, 0.15) is 19.3 Å². The summed E-state index contributed by atoms with van der Waals surface area (Å²) in [6.07, 6.45) is 3.58. The maximum absolute atomic E-state index is 3.70. The number of hydrogen-bond acceptors (Lipinski definition) is 0. The van der Waals surface area contributed by atoms with Gasteiger partial charge in [-0.05, 0) is 29.9 Å². The minimum absolute atomic E-state index is 0.262. The van der Waals surface area contributed by atoms with Crippen molar-refractivity contribution in [3.8, 4) is 23.0 Å². The van der Waals surface area contributed by atoms with E-state index in [1.54, 1.807) is 0 Å². The van der Waals surface area contributed by atoms with E-state index in [2.05, 4.69) is 103 Å². The molecule has 3 saturated carbocycles. The molecule has 0 nitrogen and oxygen atoms in total. The molecular formula is C24H25PSi. The molecule has 2 aromatic carbocycles. The van der Waals surface area contributed by atoms with Gasteiger partial charge in [0.1, 0.15) is 8.07 Å². The molecule has 0 saturated heterocycles. The molecule has 2 heteroatoms. The first-order valence-electron chi connectivity index (χ1n) is 9.36. The largest absolute Gasteiger partial charge is 0.131 e. The van der Waals surface area contributed by atoms with Gasteiger partial charge >= 0.3 is 0 Å². The Morgan fingerprint density at radius 2 is 1.19 bits per heavy atom. The second-order valence-corrected chi connectivity index (χ2v) is 15.5. The van der Waals surface area contributed by atoms with Gasteiger partial charge in [0.2, 0.25) is 0 Å². The Hall–Kier alpha value is -1.79. The first-order chi connectivity index (χ1) is 12.4. The van der Waals surface area contributed by atoms with E-state index in [0.717, 1.165) is 0 Å². The van der Waals surface area contributed by atoms with Crippen LogP contribution in [-0.2, 0) is 0 Å². The van der Waals surface area contributed by atoms with Gasteiger partial charge in [-0.15, -0.1) is 11.5 Å². The molecule has 0 spiro atoms. The van der Waals surface area contributed by atoms with Crippen molar-refractivity contribution in [2.45, 2.75) is 38.9 Å². The lowest BCUT2D eigenvalue weighted by Crippen LogP contribution is -2.60. The molecule has 26 heavy (non-hydrogen) atoms. The highest BCUT2D eigenvalue weighted by Crippen LogP contribution is 2.73.